The predicted molar refractivity (Wildman–Crippen MR) is 138 cm³/mol. The highest BCUT2D eigenvalue weighted by Gasteiger charge is 2.37. The number of likely N-dealkylation sites (tertiary alicyclic amines) is 1. The van der Waals surface area contributed by atoms with E-state index in [1.54, 1.807) is 14.9 Å². The molecule has 0 N–H and O–H groups in total. The molecule has 0 spiro atoms. The average Bonchev–Trinajstić information content (AvgIpc) is 3.38. The first kappa shape index (κ1) is 25.4. The summed E-state index contributed by atoms with van der Waals surface area (Å²) in [5.74, 6) is 2.15. The summed E-state index contributed by atoms with van der Waals surface area (Å²) in [6.45, 7) is 5.80. The number of piperidine rings is 3. The quantitative estimate of drug-likeness (QED) is 0.591. The van der Waals surface area contributed by atoms with E-state index in [0.717, 1.165) is 56.7 Å². The number of carbonyl (C=O) groups is 1. The lowest BCUT2D eigenvalue weighted by atomic mass is 9.90. The molecule has 1 aromatic carbocycles. The summed E-state index contributed by atoms with van der Waals surface area (Å²) in [6.07, 6.45) is 7.60. The Hall–Kier alpha value is -2.30. The van der Waals surface area contributed by atoms with Crippen molar-refractivity contribution in [3.63, 3.8) is 0 Å². The maximum absolute atomic E-state index is 13.2. The fraction of sp³-hybridized carbons (Fsp3) is 0.654. The second kappa shape index (κ2) is 11.0. The minimum absolute atomic E-state index is 0.0736. The zero-order chi connectivity index (χ0) is 25.1. The van der Waals surface area contributed by atoms with E-state index in [9.17, 15) is 13.2 Å². The number of hydrogen-bond donors (Lipinski definition) is 0. The Bertz CT molecular complexity index is 1110. The number of para-hydroxylation sites is 1. The van der Waals surface area contributed by atoms with Crippen LogP contribution >= 0.6 is 0 Å². The van der Waals surface area contributed by atoms with Crippen molar-refractivity contribution >= 4 is 16.1 Å². The van der Waals surface area contributed by atoms with Crippen molar-refractivity contribution in [3.8, 4) is 5.69 Å². The Morgan fingerprint density at radius 3 is 2.14 bits per heavy atom. The van der Waals surface area contributed by atoms with Gasteiger partial charge in [-0.1, -0.05) is 25.1 Å². The summed E-state index contributed by atoms with van der Waals surface area (Å²) < 4.78 is 31.4. The number of nitrogens with zero attached hydrogens (tertiary/aromatic N) is 6. The van der Waals surface area contributed by atoms with Gasteiger partial charge in [0.05, 0.1) is 0 Å². The van der Waals surface area contributed by atoms with Gasteiger partial charge in [0.25, 0.3) is 10.2 Å². The van der Waals surface area contributed by atoms with Crippen LogP contribution in [0.15, 0.2) is 36.7 Å². The van der Waals surface area contributed by atoms with E-state index in [0.29, 0.717) is 50.9 Å². The number of amides is 1. The first-order valence-corrected chi connectivity index (χ1v) is 14.8. The van der Waals surface area contributed by atoms with Crippen LogP contribution in [0, 0.1) is 17.8 Å². The topological polar surface area (TPSA) is 91.6 Å². The maximum Gasteiger partial charge on any atom is 0.281 e. The van der Waals surface area contributed by atoms with Gasteiger partial charge in [-0.05, 0) is 62.5 Å². The Morgan fingerprint density at radius 1 is 0.889 bits per heavy atom. The van der Waals surface area contributed by atoms with E-state index in [4.69, 9.17) is 0 Å². The highest BCUT2D eigenvalue weighted by Crippen LogP contribution is 2.28. The lowest BCUT2D eigenvalue weighted by Crippen LogP contribution is -2.51. The van der Waals surface area contributed by atoms with Gasteiger partial charge in [-0.15, -0.1) is 10.2 Å². The molecule has 10 heteroatoms. The molecule has 2 aromatic rings. The molecule has 0 radical (unpaired) electrons. The van der Waals surface area contributed by atoms with Crippen LogP contribution in [0.2, 0.25) is 0 Å². The van der Waals surface area contributed by atoms with E-state index in [1.807, 2.05) is 27.7 Å². The summed E-state index contributed by atoms with van der Waals surface area (Å²) >= 11 is 0. The van der Waals surface area contributed by atoms with Crippen LogP contribution in [0.4, 0.5) is 0 Å². The van der Waals surface area contributed by atoms with Gasteiger partial charge < -0.3 is 4.90 Å². The molecule has 1 amide bonds. The number of benzene rings is 1. The first-order valence-electron chi connectivity index (χ1n) is 13.4. The molecular formula is C26H38N6O3S. The summed E-state index contributed by atoms with van der Waals surface area (Å²) in [5, 5.41) is 8.48. The van der Waals surface area contributed by atoms with E-state index in [1.165, 1.54) is 0 Å². The van der Waals surface area contributed by atoms with Crippen molar-refractivity contribution < 1.29 is 13.2 Å². The summed E-state index contributed by atoms with van der Waals surface area (Å²) in [7, 11) is -3.41. The van der Waals surface area contributed by atoms with E-state index < -0.39 is 10.2 Å². The Morgan fingerprint density at radius 2 is 1.50 bits per heavy atom. The minimum Gasteiger partial charge on any atom is -0.342 e. The summed E-state index contributed by atoms with van der Waals surface area (Å²) in [5.41, 5.74) is 1.06. The molecular weight excluding hydrogens is 476 g/mol. The highest BCUT2D eigenvalue weighted by atomic mass is 32.2. The Labute approximate surface area is 214 Å². The van der Waals surface area contributed by atoms with Crippen LogP contribution in [0.25, 0.3) is 5.69 Å². The molecule has 3 aliphatic heterocycles. The monoisotopic (exact) mass is 514 g/mol. The largest absolute Gasteiger partial charge is 0.342 e. The van der Waals surface area contributed by atoms with Gasteiger partial charge in [-0.3, -0.25) is 9.36 Å². The summed E-state index contributed by atoms with van der Waals surface area (Å²) in [4.78, 5) is 15.2. The van der Waals surface area contributed by atoms with Gasteiger partial charge in [-0.25, -0.2) is 0 Å². The molecule has 0 saturated carbocycles. The van der Waals surface area contributed by atoms with Crippen LogP contribution < -0.4 is 0 Å². The van der Waals surface area contributed by atoms with E-state index >= 15 is 0 Å². The highest BCUT2D eigenvalue weighted by molar-refractivity contribution is 7.86. The zero-order valence-electron chi connectivity index (χ0n) is 21.2. The van der Waals surface area contributed by atoms with E-state index in [-0.39, 0.29) is 11.8 Å². The molecule has 3 saturated heterocycles. The van der Waals surface area contributed by atoms with Crippen LogP contribution in [0.3, 0.4) is 0 Å². The third-order valence-electron chi connectivity index (χ3n) is 8.25. The SMILES string of the molecule is CC1CCN(S(=O)(=O)N2CCC(C(=O)N3CCC(Cc4nncn4-c4ccccc4)CC3)CC2)CC1. The molecule has 36 heavy (non-hydrogen) atoms. The third-order valence-corrected chi connectivity index (χ3v) is 10.3. The van der Waals surface area contributed by atoms with Crippen molar-refractivity contribution in [1.29, 1.82) is 0 Å². The number of hydrogen-bond acceptors (Lipinski definition) is 5. The third kappa shape index (κ3) is 5.50. The zero-order valence-corrected chi connectivity index (χ0v) is 22.0. The molecule has 0 unspecified atom stereocenters. The van der Waals surface area contributed by atoms with Crippen molar-refractivity contribution in [2.45, 2.75) is 51.9 Å². The average molecular weight is 515 g/mol. The van der Waals surface area contributed by atoms with E-state index in [2.05, 4.69) is 29.3 Å². The van der Waals surface area contributed by atoms with Crippen molar-refractivity contribution in [2.75, 3.05) is 39.3 Å². The molecule has 3 aliphatic rings. The predicted octanol–water partition coefficient (Wildman–Crippen LogP) is 2.74. The smallest absolute Gasteiger partial charge is 0.281 e. The second-order valence-corrected chi connectivity index (χ2v) is 12.6. The molecule has 0 aliphatic carbocycles. The Balaban J connectivity index is 1.10. The van der Waals surface area contributed by atoms with Crippen LogP contribution in [-0.4, -0.2) is 81.9 Å². The minimum atomic E-state index is -3.41. The van der Waals surface area contributed by atoms with Gasteiger partial charge in [0.1, 0.15) is 12.2 Å². The molecule has 4 heterocycles. The normalized spacial score (nSPS) is 22.2. The Kier molecular flexibility index (Phi) is 7.73. The lowest BCUT2D eigenvalue weighted by molar-refractivity contribution is -0.138. The van der Waals surface area contributed by atoms with Gasteiger partial charge in [-0.2, -0.15) is 17.0 Å². The van der Waals surface area contributed by atoms with Gasteiger partial charge >= 0.3 is 0 Å². The molecule has 196 valence electrons. The fourth-order valence-electron chi connectivity index (χ4n) is 5.79. The van der Waals surface area contributed by atoms with Gasteiger partial charge in [0, 0.05) is 57.3 Å². The van der Waals surface area contributed by atoms with Crippen molar-refractivity contribution in [1.82, 2.24) is 28.3 Å². The number of aromatic nitrogens is 3. The molecule has 3 fully saturated rings. The first-order chi connectivity index (χ1) is 17.4. The van der Waals surface area contributed by atoms with Crippen LogP contribution in [0.5, 0.6) is 0 Å². The molecule has 0 atom stereocenters. The summed E-state index contributed by atoms with van der Waals surface area (Å²) in [6, 6.07) is 10.1. The maximum atomic E-state index is 13.2. The lowest BCUT2D eigenvalue weighted by Gasteiger charge is -2.39. The van der Waals surface area contributed by atoms with Crippen molar-refractivity contribution in [3.05, 3.63) is 42.5 Å². The molecule has 9 nitrogen and oxygen atoms in total. The van der Waals surface area contributed by atoms with Crippen LogP contribution in [-0.2, 0) is 21.4 Å². The van der Waals surface area contributed by atoms with Crippen LogP contribution in [0.1, 0.15) is 51.3 Å². The van der Waals surface area contributed by atoms with Crippen molar-refractivity contribution in [2.24, 2.45) is 17.8 Å². The standard InChI is InChI=1S/C26H38N6O3S/c1-21-7-15-30(16-8-21)36(34,35)31-17-11-23(12-18-31)26(33)29-13-9-22(10-14-29)19-25-28-27-20-32(25)24-5-3-2-4-6-24/h2-6,20-23H,7-19H2,1H3. The molecule has 5 rings (SSSR count). The van der Waals surface area contributed by atoms with Gasteiger partial charge in [0.2, 0.25) is 5.91 Å². The number of carbonyl (C=O) groups excluding carboxylic acids is 1. The number of rotatable bonds is 6. The fourth-order valence-corrected chi connectivity index (χ4v) is 7.46. The molecule has 1 aromatic heterocycles. The van der Waals surface area contributed by atoms with Gasteiger partial charge in [0.15, 0.2) is 0 Å². The second-order valence-electron chi connectivity index (χ2n) is 10.7. The molecule has 0 bridgehead atoms.